The van der Waals surface area contributed by atoms with E-state index in [1.54, 1.807) is 0 Å². The average Bonchev–Trinajstić information content (AvgIpc) is 3.07. The fraction of sp³-hybridized carbons (Fsp3) is 0.409. The summed E-state index contributed by atoms with van der Waals surface area (Å²) in [6, 6.07) is 21.0. The molecule has 1 fully saturated rings. The Kier molecular flexibility index (Phi) is 6.29. The summed E-state index contributed by atoms with van der Waals surface area (Å²) in [4.78, 5) is 13.9. The standard InChI is InChI=1S/C22H27NO3/c1-17(2)13-20(21-16-25-22(24)26-21)23(14-18-9-5-3-6-10-18)15-19-11-7-4-8-12-19/h3-12,17,20-21H,13-16H2,1-2H3/t20-,21+/m0/s1. The first-order chi connectivity index (χ1) is 12.6. The second kappa shape index (κ2) is 8.86. The van der Waals surface area contributed by atoms with Crippen LogP contribution >= 0.6 is 0 Å². The molecule has 0 spiro atoms. The molecule has 3 rings (SSSR count). The molecule has 4 heteroatoms. The Labute approximate surface area is 155 Å². The van der Waals surface area contributed by atoms with Crippen LogP contribution in [0.1, 0.15) is 31.4 Å². The molecule has 2 aromatic rings. The number of hydrogen-bond donors (Lipinski definition) is 0. The Morgan fingerprint density at radius 1 is 0.962 bits per heavy atom. The molecule has 0 bridgehead atoms. The van der Waals surface area contributed by atoms with Crippen molar-refractivity contribution in [2.75, 3.05) is 6.61 Å². The second-order valence-corrected chi connectivity index (χ2v) is 7.29. The minimum atomic E-state index is -0.553. The van der Waals surface area contributed by atoms with Crippen LogP contribution in [0.3, 0.4) is 0 Å². The monoisotopic (exact) mass is 353 g/mol. The molecular formula is C22H27NO3. The molecule has 0 radical (unpaired) electrons. The lowest BCUT2D eigenvalue weighted by molar-refractivity contribution is 0.0391. The third kappa shape index (κ3) is 5.09. The van der Waals surface area contributed by atoms with Gasteiger partial charge in [0.2, 0.25) is 0 Å². The van der Waals surface area contributed by atoms with E-state index < -0.39 is 6.16 Å². The zero-order valence-corrected chi connectivity index (χ0v) is 15.5. The summed E-state index contributed by atoms with van der Waals surface area (Å²) in [5.41, 5.74) is 2.50. The Bertz CT molecular complexity index is 646. The van der Waals surface area contributed by atoms with Crippen LogP contribution in [-0.4, -0.2) is 29.8 Å². The summed E-state index contributed by atoms with van der Waals surface area (Å²) in [6.07, 6.45) is 0.168. The van der Waals surface area contributed by atoms with Gasteiger partial charge < -0.3 is 9.47 Å². The number of carbonyl (C=O) groups is 1. The summed E-state index contributed by atoms with van der Waals surface area (Å²) >= 11 is 0. The zero-order chi connectivity index (χ0) is 18.4. The summed E-state index contributed by atoms with van der Waals surface area (Å²) in [5, 5.41) is 0. The van der Waals surface area contributed by atoms with Crippen LogP contribution in [0.4, 0.5) is 4.79 Å². The highest BCUT2D eigenvalue weighted by atomic mass is 16.8. The SMILES string of the molecule is CC(C)C[C@@H]([C@H]1COC(=O)O1)N(Cc1ccccc1)Cc1ccccc1. The first-order valence-electron chi connectivity index (χ1n) is 9.27. The number of nitrogens with zero attached hydrogens (tertiary/aromatic N) is 1. The predicted molar refractivity (Wildman–Crippen MR) is 102 cm³/mol. The van der Waals surface area contributed by atoms with Crippen molar-refractivity contribution in [2.45, 2.75) is 45.5 Å². The molecule has 4 nitrogen and oxygen atoms in total. The Morgan fingerprint density at radius 3 is 1.92 bits per heavy atom. The Hall–Kier alpha value is -2.33. The first-order valence-corrected chi connectivity index (χ1v) is 9.27. The van der Waals surface area contributed by atoms with Gasteiger partial charge in [-0.3, -0.25) is 4.90 Å². The van der Waals surface area contributed by atoms with E-state index in [1.165, 1.54) is 11.1 Å². The van der Waals surface area contributed by atoms with Gasteiger partial charge in [0.15, 0.2) is 6.10 Å². The third-order valence-electron chi connectivity index (χ3n) is 4.68. The van der Waals surface area contributed by atoms with Crippen LogP contribution in [-0.2, 0) is 22.6 Å². The molecule has 26 heavy (non-hydrogen) atoms. The molecule has 138 valence electrons. The van der Waals surface area contributed by atoms with E-state index in [0.717, 1.165) is 19.5 Å². The third-order valence-corrected chi connectivity index (χ3v) is 4.68. The van der Waals surface area contributed by atoms with E-state index in [1.807, 2.05) is 12.1 Å². The fourth-order valence-electron chi connectivity index (χ4n) is 3.48. The molecule has 0 N–H and O–H groups in total. The Balaban J connectivity index is 1.85. The molecule has 0 amide bonds. The summed E-state index contributed by atoms with van der Waals surface area (Å²) in [6.45, 7) is 6.35. The maximum absolute atomic E-state index is 11.5. The lowest BCUT2D eigenvalue weighted by Gasteiger charge is -2.35. The lowest BCUT2D eigenvalue weighted by Crippen LogP contribution is -2.45. The summed E-state index contributed by atoms with van der Waals surface area (Å²) < 4.78 is 10.6. The maximum atomic E-state index is 11.5. The molecule has 0 aromatic heterocycles. The summed E-state index contributed by atoms with van der Waals surface area (Å²) in [7, 11) is 0. The van der Waals surface area contributed by atoms with E-state index in [4.69, 9.17) is 9.47 Å². The highest BCUT2D eigenvalue weighted by Crippen LogP contribution is 2.25. The quantitative estimate of drug-likeness (QED) is 0.648. The zero-order valence-electron chi connectivity index (χ0n) is 15.5. The van der Waals surface area contributed by atoms with Crippen LogP contribution in [0.5, 0.6) is 0 Å². The molecule has 2 atom stereocenters. The van der Waals surface area contributed by atoms with Crippen molar-refractivity contribution in [1.82, 2.24) is 4.90 Å². The Morgan fingerprint density at radius 2 is 1.50 bits per heavy atom. The summed E-state index contributed by atoms with van der Waals surface area (Å²) in [5.74, 6) is 0.494. The second-order valence-electron chi connectivity index (χ2n) is 7.29. The first kappa shape index (κ1) is 18.5. The van der Waals surface area contributed by atoms with Gasteiger partial charge in [-0.05, 0) is 23.5 Å². The maximum Gasteiger partial charge on any atom is 0.508 e. The van der Waals surface area contributed by atoms with Crippen molar-refractivity contribution in [3.63, 3.8) is 0 Å². The normalized spacial score (nSPS) is 18.0. The molecule has 2 aromatic carbocycles. The number of cyclic esters (lactones) is 2. The molecular weight excluding hydrogens is 326 g/mol. The van der Waals surface area contributed by atoms with Crippen LogP contribution < -0.4 is 0 Å². The van der Waals surface area contributed by atoms with Gasteiger partial charge in [-0.2, -0.15) is 0 Å². The van der Waals surface area contributed by atoms with Crippen molar-refractivity contribution in [3.8, 4) is 0 Å². The minimum absolute atomic E-state index is 0.113. The van der Waals surface area contributed by atoms with Gasteiger partial charge in [-0.25, -0.2) is 4.79 Å². The van der Waals surface area contributed by atoms with Crippen molar-refractivity contribution in [1.29, 1.82) is 0 Å². The minimum Gasteiger partial charge on any atom is -0.430 e. The van der Waals surface area contributed by atoms with Crippen LogP contribution in [0, 0.1) is 5.92 Å². The van der Waals surface area contributed by atoms with Gasteiger partial charge in [0, 0.05) is 13.1 Å². The average molecular weight is 353 g/mol. The van der Waals surface area contributed by atoms with Gasteiger partial charge >= 0.3 is 6.16 Å². The smallest absolute Gasteiger partial charge is 0.430 e. The van der Waals surface area contributed by atoms with E-state index >= 15 is 0 Å². The van der Waals surface area contributed by atoms with Gasteiger partial charge in [-0.15, -0.1) is 0 Å². The number of carbonyl (C=O) groups excluding carboxylic acids is 1. The molecule has 1 heterocycles. The van der Waals surface area contributed by atoms with Crippen molar-refractivity contribution < 1.29 is 14.3 Å². The predicted octanol–water partition coefficient (Wildman–Crippen LogP) is 4.64. The highest BCUT2D eigenvalue weighted by Gasteiger charge is 2.36. The fourth-order valence-corrected chi connectivity index (χ4v) is 3.48. The number of benzene rings is 2. The molecule has 1 saturated heterocycles. The van der Waals surface area contributed by atoms with Gasteiger partial charge in [0.05, 0.1) is 6.04 Å². The van der Waals surface area contributed by atoms with Crippen molar-refractivity contribution >= 4 is 6.16 Å². The van der Waals surface area contributed by atoms with E-state index in [9.17, 15) is 4.79 Å². The van der Waals surface area contributed by atoms with Gasteiger partial charge in [0.25, 0.3) is 0 Å². The van der Waals surface area contributed by atoms with Gasteiger partial charge in [-0.1, -0.05) is 74.5 Å². The van der Waals surface area contributed by atoms with E-state index in [-0.39, 0.29) is 12.1 Å². The number of hydrogen-bond acceptors (Lipinski definition) is 4. The topological polar surface area (TPSA) is 38.8 Å². The van der Waals surface area contributed by atoms with Crippen LogP contribution in [0.25, 0.3) is 0 Å². The van der Waals surface area contributed by atoms with Crippen LogP contribution in [0.15, 0.2) is 60.7 Å². The molecule has 1 aliphatic heterocycles. The van der Waals surface area contributed by atoms with Gasteiger partial charge in [0.1, 0.15) is 6.61 Å². The van der Waals surface area contributed by atoms with E-state index in [2.05, 4.69) is 67.3 Å². The van der Waals surface area contributed by atoms with Crippen molar-refractivity contribution in [2.24, 2.45) is 5.92 Å². The van der Waals surface area contributed by atoms with Crippen LogP contribution in [0.2, 0.25) is 0 Å². The van der Waals surface area contributed by atoms with Crippen molar-refractivity contribution in [3.05, 3.63) is 71.8 Å². The largest absolute Gasteiger partial charge is 0.508 e. The molecule has 0 aliphatic carbocycles. The lowest BCUT2D eigenvalue weighted by atomic mass is 9.96. The molecule has 0 saturated carbocycles. The molecule has 1 aliphatic rings. The number of ether oxygens (including phenoxy) is 2. The molecule has 0 unspecified atom stereocenters. The highest BCUT2D eigenvalue weighted by molar-refractivity contribution is 5.62. The van der Waals surface area contributed by atoms with E-state index in [0.29, 0.717) is 12.5 Å². The number of rotatable bonds is 8.